The van der Waals surface area contributed by atoms with E-state index in [1.165, 1.54) is 0 Å². The fraction of sp³-hybridized carbons (Fsp3) is 0.636. The second-order valence-electron chi connectivity index (χ2n) is 8.00. The summed E-state index contributed by atoms with van der Waals surface area (Å²) < 4.78 is 96.2. The molecular formula is C22H30F5NO8. The molecule has 0 bridgehead atoms. The van der Waals surface area contributed by atoms with E-state index in [-0.39, 0.29) is 33.0 Å². The van der Waals surface area contributed by atoms with Gasteiger partial charge in [-0.25, -0.2) is 18.0 Å². The van der Waals surface area contributed by atoms with Crippen molar-refractivity contribution in [2.24, 2.45) is 0 Å². The van der Waals surface area contributed by atoms with Crippen molar-refractivity contribution in [3.8, 4) is 5.75 Å². The van der Waals surface area contributed by atoms with Gasteiger partial charge in [0.15, 0.2) is 0 Å². The van der Waals surface area contributed by atoms with Crippen LogP contribution in [0.2, 0.25) is 0 Å². The van der Waals surface area contributed by atoms with Crippen LogP contribution in [0.3, 0.4) is 0 Å². The number of halogens is 5. The van der Waals surface area contributed by atoms with E-state index in [1.54, 1.807) is 20.8 Å². The van der Waals surface area contributed by atoms with Crippen LogP contribution >= 0.6 is 0 Å². The number of carbonyl (C=O) groups excluding carboxylic acids is 2. The molecule has 0 aliphatic rings. The Balaban J connectivity index is 1.98. The molecule has 0 fully saturated rings. The number of alkyl carbamates (subject to hydrolysis) is 1. The number of amides is 1. The van der Waals surface area contributed by atoms with Crippen LogP contribution in [0.5, 0.6) is 5.75 Å². The summed E-state index contributed by atoms with van der Waals surface area (Å²) in [7, 11) is 0. The van der Waals surface area contributed by atoms with E-state index in [1.807, 2.05) is 0 Å². The van der Waals surface area contributed by atoms with Crippen LogP contribution < -0.4 is 10.1 Å². The van der Waals surface area contributed by atoms with Crippen LogP contribution in [0.25, 0.3) is 0 Å². The molecule has 1 aromatic rings. The van der Waals surface area contributed by atoms with Crippen molar-refractivity contribution in [1.82, 2.24) is 5.32 Å². The summed E-state index contributed by atoms with van der Waals surface area (Å²) in [5, 5.41) is 2.55. The van der Waals surface area contributed by atoms with Gasteiger partial charge in [-0.15, -0.1) is 0 Å². The average Bonchev–Trinajstić information content (AvgIpc) is 2.80. The number of carbonyl (C=O) groups is 2. The SMILES string of the molecule is CC(C)(C)OC(=O)NCCOCCOCCOCCOCCC(=O)Oc1c(F)c(F)c(F)c(F)c1F. The molecule has 1 aromatic carbocycles. The molecule has 0 unspecified atom stereocenters. The monoisotopic (exact) mass is 531 g/mol. The van der Waals surface area contributed by atoms with Gasteiger partial charge in [-0.1, -0.05) is 0 Å². The van der Waals surface area contributed by atoms with Crippen molar-refractivity contribution in [2.45, 2.75) is 32.8 Å². The van der Waals surface area contributed by atoms with Crippen molar-refractivity contribution in [3.63, 3.8) is 0 Å². The highest BCUT2D eigenvalue weighted by Gasteiger charge is 2.28. The molecule has 0 saturated heterocycles. The molecule has 36 heavy (non-hydrogen) atoms. The lowest BCUT2D eigenvalue weighted by molar-refractivity contribution is -0.136. The predicted molar refractivity (Wildman–Crippen MR) is 114 cm³/mol. The van der Waals surface area contributed by atoms with Crippen LogP contribution in [0.4, 0.5) is 26.7 Å². The van der Waals surface area contributed by atoms with Gasteiger partial charge in [0, 0.05) is 6.54 Å². The Bertz CT molecular complexity index is 822. The molecule has 0 saturated carbocycles. The van der Waals surface area contributed by atoms with E-state index < -0.39 is 58.9 Å². The molecule has 1 amide bonds. The first kappa shape index (κ1) is 31.5. The first-order valence-corrected chi connectivity index (χ1v) is 10.9. The molecule has 9 nitrogen and oxygen atoms in total. The molecule has 0 spiro atoms. The van der Waals surface area contributed by atoms with Gasteiger partial charge in [0.1, 0.15) is 5.60 Å². The van der Waals surface area contributed by atoms with Gasteiger partial charge in [-0.05, 0) is 20.8 Å². The maximum Gasteiger partial charge on any atom is 0.407 e. The Kier molecular flexibility index (Phi) is 14.2. The quantitative estimate of drug-likeness (QED) is 0.0867. The lowest BCUT2D eigenvalue weighted by Gasteiger charge is -2.19. The zero-order valence-electron chi connectivity index (χ0n) is 20.2. The zero-order chi connectivity index (χ0) is 27.1. The van der Waals surface area contributed by atoms with Gasteiger partial charge in [0.25, 0.3) is 0 Å². The number of nitrogens with one attached hydrogen (secondary N) is 1. The Morgan fingerprint density at radius 3 is 1.56 bits per heavy atom. The minimum Gasteiger partial charge on any atom is -0.444 e. The summed E-state index contributed by atoms with van der Waals surface area (Å²) in [6.07, 6.45) is -1.01. The van der Waals surface area contributed by atoms with E-state index in [2.05, 4.69) is 10.1 Å². The molecule has 0 aliphatic heterocycles. The molecule has 206 valence electrons. The molecule has 1 rings (SSSR count). The highest BCUT2D eigenvalue weighted by atomic mass is 19.2. The van der Waals surface area contributed by atoms with Crippen molar-refractivity contribution in [1.29, 1.82) is 0 Å². The summed E-state index contributed by atoms with van der Waals surface area (Å²) in [6, 6.07) is 0. The lowest BCUT2D eigenvalue weighted by atomic mass is 10.2. The largest absolute Gasteiger partial charge is 0.444 e. The predicted octanol–water partition coefficient (Wildman–Crippen LogP) is 3.27. The molecule has 0 radical (unpaired) electrons. The molecule has 1 N–H and O–H groups in total. The molecule has 14 heteroatoms. The summed E-state index contributed by atoms with van der Waals surface area (Å²) in [5.41, 5.74) is -0.567. The average molecular weight is 531 g/mol. The fourth-order valence-corrected chi connectivity index (χ4v) is 2.30. The minimum absolute atomic E-state index is 0.0730. The lowest BCUT2D eigenvalue weighted by Crippen LogP contribution is -2.34. The van der Waals surface area contributed by atoms with E-state index >= 15 is 0 Å². The first-order valence-electron chi connectivity index (χ1n) is 10.9. The first-order chi connectivity index (χ1) is 16.9. The van der Waals surface area contributed by atoms with Crippen molar-refractivity contribution in [2.75, 3.05) is 59.4 Å². The van der Waals surface area contributed by atoms with E-state index in [0.29, 0.717) is 26.4 Å². The summed E-state index contributed by atoms with van der Waals surface area (Å²) in [4.78, 5) is 23.0. The maximum atomic E-state index is 13.5. The van der Waals surface area contributed by atoms with Crippen molar-refractivity contribution < 1.29 is 60.0 Å². The third kappa shape index (κ3) is 12.4. The fourth-order valence-electron chi connectivity index (χ4n) is 2.30. The van der Waals surface area contributed by atoms with Crippen LogP contribution in [0, 0.1) is 29.1 Å². The number of hydrogen-bond donors (Lipinski definition) is 1. The third-order valence-corrected chi connectivity index (χ3v) is 3.87. The van der Waals surface area contributed by atoms with E-state index in [9.17, 15) is 31.5 Å². The van der Waals surface area contributed by atoms with Crippen LogP contribution in [-0.4, -0.2) is 77.1 Å². The maximum absolute atomic E-state index is 13.5. The summed E-state index contributed by atoms with van der Waals surface area (Å²) in [5.74, 6) is -14.2. The highest BCUT2D eigenvalue weighted by molar-refractivity contribution is 5.72. The van der Waals surface area contributed by atoms with Gasteiger partial charge in [0.05, 0.1) is 59.3 Å². The molecule has 0 aliphatic carbocycles. The van der Waals surface area contributed by atoms with Gasteiger partial charge >= 0.3 is 12.1 Å². The summed E-state index contributed by atoms with van der Waals surface area (Å²) >= 11 is 0. The van der Waals surface area contributed by atoms with Crippen LogP contribution in [-0.2, 0) is 28.5 Å². The molecular weight excluding hydrogens is 501 g/mol. The topological polar surface area (TPSA) is 102 Å². The van der Waals surface area contributed by atoms with Gasteiger partial charge in [0.2, 0.25) is 34.8 Å². The standard InChI is InChI=1S/C22H30F5NO8/c1-22(2,3)36-21(30)28-5-7-32-9-11-34-13-12-33-10-8-31-6-4-14(29)35-20-18(26)16(24)15(23)17(25)19(20)27/h4-13H2,1-3H3,(H,28,30). The number of ether oxygens (including phenoxy) is 6. The Hall–Kier alpha value is -2.55. The van der Waals surface area contributed by atoms with Crippen molar-refractivity contribution in [3.05, 3.63) is 29.1 Å². The number of benzene rings is 1. The number of rotatable bonds is 16. The van der Waals surface area contributed by atoms with Crippen molar-refractivity contribution >= 4 is 12.1 Å². The van der Waals surface area contributed by atoms with Crippen LogP contribution in [0.1, 0.15) is 27.2 Å². The zero-order valence-corrected chi connectivity index (χ0v) is 20.2. The van der Waals surface area contributed by atoms with Gasteiger partial charge in [-0.2, -0.15) is 8.78 Å². The third-order valence-electron chi connectivity index (χ3n) is 3.87. The van der Waals surface area contributed by atoms with E-state index in [0.717, 1.165) is 0 Å². The second-order valence-corrected chi connectivity index (χ2v) is 8.00. The Labute approximate surface area is 205 Å². The van der Waals surface area contributed by atoms with E-state index in [4.69, 9.17) is 23.7 Å². The number of esters is 1. The Morgan fingerprint density at radius 2 is 1.08 bits per heavy atom. The number of hydrogen-bond acceptors (Lipinski definition) is 8. The smallest absolute Gasteiger partial charge is 0.407 e. The molecule has 0 heterocycles. The molecule has 0 atom stereocenters. The minimum atomic E-state index is -2.35. The highest BCUT2D eigenvalue weighted by Crippen LogP contribution is 2.29. The normalized spacial score (nSPS) is 11.4. The van der Waals surface area contributed by atoms with Crippen LogP contribution in [0.15, 0.2) is 0 Å². The second kappa shape index (κ2) is 16.2. The van der Waals surface area contributed by atoms with Gasteiger partial charge in [-0.3, -0.25) is 4.79 Å². The molecule has 0 aromatic heterocycles. The van der Waals surface area contributed by atoms with Gasteiger partial charge < -0.3 is 33.7 Å². The summed E-state index contributed by atoms with van der Waals surface area (Å²) in [6.45, 7) is 7.06. The Morgan fingerprint density at radius 1 is 0.667 bits per heavy atom.